The fourth-order valence-electron chi connectivity index (χ4n) is 3.97. The van der Waals surface area contributed by atoms with Gasteiger partial charge in [-0.3, -0.25) is 0 Å². The second-order valence-electron chi connectivity index (χ2n) is 8.60. The van der Waals surface area contributed by atoms with Gasteiger partial charge in [-0.2, -0.15) is 4.98 Å². The summed E-state index contributed by atoms with van der Waals surface area (Å²) in [6.45, 7) is 0.735. The predicted octanol–water partition coefficient (Wildman–Crippen LogP) is 2.46. The number of carboxylic acids is 1. The number of hydrogen-bond donors (Lipinski definition) is 0. The molecule has 0 amide bonds. The Morgan fingerprint density at radius 2 is 1.45 bits per heavy atom. The number of carboxylic acid groups (broad SMARTS) is 1. The van der Waals surface area contributed by atoms with Crippen LogP contribution in [0.2, 0.25) is 0 Å². The van der Waals surface area contributed by atoms with Crippen LogP contribution in [0.3, 0.4) is 0 Å². The predicted molar refractivity (Wildman–Crippen MR) is 141 cm³/mol. The van der Waals surface area contributed by atoms with Gasteiger partial charge in [-0.1, -0.05) is 78.9 Å². The van der Waals surface area contributed by atoms with Crippen molar-refractivity contribution in [3.63, 3.8) is 0 Å². The third-order valence-electron chi connectivity index (χ3n) is 5.87. The van der Waals surface area contributed by atoms with Crippen LogP contribution in [0, 0.1) is 0 Å². The molecule has 0 fully saturated rings. The molecule has 5 rings (SSSR count). The molecule has 0 aliphatic rings. The van der Waals surface area contributed by atoms with Crippen LogP contribution < -0.4 is 44.1 Å². The largest absolute Gasteiger partial charge is 1.00 e. The fourth-order valence-corrected chi connectivity index (χ4v) is 3.97. The first-order chi connectivity index (χ1) is 18.1. The van der Waals surface area contributed by atoms with Crippen molar-refractivity contribution >= 4 is 16.7 Å². The van der Waals surface area contributed by atoms with Gasteiger partial charge < -0.3 is 19.4 Å². The molecule has 0 bridgehead atoms. The number of hydrogen-bond acceptors (Lipinski definition) is 6. The van der Waals surface area contributed by atoms with Gasteiger partial charge in [-0.25, -0.2) is 4.98 Å². The van der Waals surface area contributed by atoms with Gasteiger partial charge in [0.15, 0.2) is 5.82 Å². The molecule has 0 spiro atoms. The van der Waals surface area contributed by atoms with Crippen molar-refractivity contribution in [1.29, 1.82) is 0 Å². The summed E-state index contributed by atoms with van der Waals surface area (Å²) in [4.78, 5) is 20.1. The summed E-state index contributed by atoms with van der Waals surface area (Å²) in [6, 6.07) is 33.7. The van der Waals surface area contributed by atoms with E-state index in [9.17, 15) is 9.90 Å². The van der Waals surface area contributed by atoms with E-state index in [0.717, 1.165) is 38.9 Å². The maximum absolute atomic E-state index is 10.7. The number of carbonyl (C=O) groups is 1. The minimum Gasteiger partial charge on any atom is -0.550 e. The number of benzene rings is 4. The summed E-state index contributed by atoms with van der Waals surface area (Å²) in [5.74, 6) is 0.634. The van der Waals surface area contributed by atoms with Gasteiger partial charge >= 0.3 is 29.6 Å². The van der Waals surface area contributed by atoms with Crippen LogP contribution in [0.15, 0.2) is 103 Å². The molecule has 4 aromatic carbocycles. The standard InChI is InChI=1S/C31H26N2O4.Na/c34-30(35)12-7-17-36-29-20-28(23-10-5-2-6-11-23)32-31(33-29)26-14-13-25-19-27(16-15-24(25)18-26)37-21-22-8-3-1-4-9-22;/h1-6,8-11,13-16,18-20H,7,12,17,21H2,(H,34,35);/q;+1/p-1. The zero-order valence-corrected chi connectivity index (χ0v) is 23.2. The van der Waals surface area contributed by atoms with E-state index in [0.29, 0.717) is 24.7 Å². The molecule has 0 aliphatic heterocycles. The number of nitrogens with zero attached hydrogens (tertiary/aromatic N) is 2. The van der Waals surface area contributed by atoms with E-state index in [1.807, 2.05) is 97.1 Å². The zero-order valence-electron chi connectivity index (χ0n) is 21.2. The van der Waals surface area contributed by atoms with Crippen molar-refractivity contribution in [2.45, 2.75) is 19.4 Å². The third kappa shape index (κ3) is 7.19. The van der Waals surface area contributed by atoms with Crippen LogP contribution in [-0.4, -0.2) is 22.5 Å². The van der Waals surface area contributed by atoms with Gasteiger partial charge in [-0.15, -0.1) is 0 Å². The average Bonchev–Trinajstić information content (AvgIpc) is 2.94. The summed E-state index contributed by atoms with van der Waals surface area (Å²) in [7, 11) is 0. The molecular weight excluding hydrogens is 487 g/mol. The molecule has 0 saturated carbocycles. The SMILES string of the molecule is O=C([O-])CCCOc1cc(-c2ccccc2)nc(-c2ccc3cc(OCc4ccccc4)ccc3c2)n1.[Na+]. The van der Waals surface area contributed by atoms with Crippen molar-refractivity contribution in [3.05, 3.63) is 109 Å². The Hall–Kier alpha value is -3.71. The second-order valence-corrected chi connectivity index (χ2v) is 8.60. The zero-order chi connectivity index (χ0) is 25.5. The first-order valence-corrected chi connectivity index (χ1v) is 12.1. The molecule has 0 radical (unpaired) electrons. The molecule has 0 aliphatic carbocycles. The third-order valence-corrected chi connectivity index (χ3v) is 5.87. The van der Waals surface area contributed by atoms with Gasteiger partial charge in [-0.05, 0) is 47.4 Å². The molecule has 38 heavy (non-hydrogen) atoms. The maximum atomic E-state index is 10.7. The molecule has 0 unspecified atom stereocenters. The summed E-state index contributed by atoms with van der Waals surface area (Å²) >= 11 is 0. The van der Waals surface area contributed by atoms with Crippen molar-refractivity contribution in [1.82, 2.24) is 9.97 Å². The number of carbonyl (C=O) groups excluding carboxylic acids is 1. The Balaban J connectivity index is 0.00000336. The van der Waals surface area contributed by atoms with Crippen molar-refractivity contribution in [2.75, 3.05) is 6.61 Å². The van der Waals surface area contributed by atoms with Gasteiger partial charge in [0.1, 0.15) is 12.4 Å². The van der Waals surface area contributed by atoms with Gasteiger partial charge in [0.2, 0.25) is 5.88 Å². The second kappa shape index (κ2) is 13.2. The Kier molecular flexibility index (Phi) is 9.49. The van der Waals surface area contributed by atoms with E-state index < -0.39 is 5.97 Å². The minimum absolute atomic E-state index is 0. The smallest absolute Gasteiger partial charge is 0.550 e. The molecular formula is C31H25N2NaO4. The fraction of sp³-hybridized carbons (Fsp3) is 0.129. The van der Waals surface area contributed by atoms with Gasteiger partial charge in [0, 0.05) is 23.2 Å². The summed E-state index contributed by atoms with van der Waals surface area (Å²) in [5, 5.41) is 12.8. The Labute approximate surface area is 243 Å². The van der Waals surface area contributed by atoms with E-state index in [1.165, 1.54) is 0 Å². The first-order valence-electron chi connectivity index (χ1n) is 12.1. The summed E-state index contributed by atoms with van der Waals surface area (Å²) < 4.78 is 11.8. The van der Waals surface area contributed by atoms with Crippen LogP contribution in [0.4, 0.5) is 0 Å². The van der Waals surface area contributed by atoms with Crippen LogP contribution in [-0.2, 0) is 11.4 Å². The first kappa shape index (κ1) is 27.3. The van der Waals surface area contributed by atoms with Crippen LogP contribution in [0.5, 0.6) is 11.6 Å². The molecule has 0 saturated heterocycles. The number of rotatable bonds is 10. The quantitative estimate of drug-likeness (QED) is 0.211. The summed E-state index contributed by atoms with van der Waals surface area (Å²) in [5.41, 5.74) is 3.63. The normalized spacial score (nSPS) is 10.5. The van der Waals surface area contributed by atoms with Gasteiger partial charge in [0.25, 0.3) is 0 Å². The van der Waals surface area contributed by atoms with E-state index >= 15 is 0 Å². The van der Waals surface area contributed by atoms with E-state index in [1.54, 1.807) is 6.07 Å². The average molecular weight is 513 g/mol. The maximum Gasteiger partial charge on any atom is 1.00 e. The van der Waals surface area contributed by atoms with E-state index in [4.69, 9.17) is 14.5 Å². The molecule has 6 nitrogen and oxygen atoms in total. The van der Waals surface area contributed by atoms with Crippen molar-refractivity contribution in [2.24, 2.45) is 0 Å². The topological polar surface area (TPSA) is 84.4 Å². The van der Waals surface area contributed by atoms with Gasteiger partial charge in [0.05, 0.1) is 12.3 Å². The number of aliphatic carboxylic acids is 1. The van der Waals surface area contributed by atoms with Crippen LogP contribution >= 0.6 is 0 Å². The van der Waals surface area contributed by atoms with Crippen molar-refractivity contribution < 1.29 is 48.9 Å². The molecule has 7 heteroatoms. The summed E-state index contributed by atoms with van der Waals surface area (Å²) in [6.07, 6.45) is 0.276. The Bertz CT molecular complexity index is 1510. The minimum atomic E-state index is -1.10. The van der Waals surface area contributed by atoms with Crippen molar-refractivity contribution in [3.8, 4) is 34.3 Å². The number of aromatic nitrogens is 2. The number of fused-ring (bicyclic) bond motifs is 1. The Morgan fingerprint density at radius 1 is 0.737 bits per heavy atom. The monoisotopic (exact) mass is 512 g/mol. The molecule has 5 aromatic rings. The molecule has 0 atom stereocenters. The number of ether oxygens (including phenoxy) is 2. The molecule has 0 N–H and O–H groups in total. The van der Waals surface area contributed by atoms with E-state index in [2.05, 4.69) is 4.98 Å². The molecule has 184 valence electrons. The van der Waals surface area contributed by atoms with Crippen LogP contribution in [0.25, 0.3) is 33.4 Å². The Morgan fingerprint density at radius 3 is 2.21 bits per heavy atom. The molecule has 1 aromatic heterocycles. The van der Waals surface area contributed by atoms with Crippen LogP contribution in [0.1, 0.15) is 18.4 Å². The van der Waals surface area contributed by atoms with E-state index in [-0.39, 0.29) is 42.6 Å². The molecule has 1 heterocycles.